The summed E-state index contributed by atoms with van der Waals surface area (Å²) in [5.74, 6) is -1.18. The molecule has 0 radical (unpaired) electrons. The summed E-state index contributed by atoms with van der Waals surface area (Å²) in [6.07, 6.45) is 79.9. The summed E-state index contributed by atoms with van der Waals surface area (Å²) >= 11 is 0. The fraction of sp³-hybridized carbons (Fsp3) is 0.854. The molecular weight excluding hydrogens is 1160 g/mol. The highest BCUT2D eigenvalue weighted by Crippen LogP contribution is 2.27. The van der Waals surface area contributed by atoms with E-state index in [9.17, 15) is 35.1 Å². The molecule has 0 aromatic carbocycles. The zero-order valence-corrected chi connectivity index (χ0v) is 60.9. The van der Waals surface area contributed by atoms with Crippen LogP contribution in [0.1, 0.15) is 387 Å². The number of aliphatic hydroxyl groups excluding tert-OH is 5. The van der Waals surface area contributed by atoms with Gasteiger partial charge in [0.05, 0.1) is 25.4 Å². The molecule has 1 aliphatic rings. The van der Waals surface area contributed by atoms with E-state index in [1.165, 1.54) is 263 Å². The Kier molecular flexibility index (Phi) is 65.8. The van der Waals surface area contributed by atoms with Gasteiger partial charge in [0.1, 0.15) is 24.4 Å². The zero-order chi connectivity index (χ0) is 67.4. The maximum Gasteiger partial charge on any atom is 0.306 e. The summed E-state index contributed by atoms with van der Waals surface area (Å²) in [7, 11) is 0. The zero-order valence-electron chi connectivity index (χ0n) is 60.9. The number of carbonyl (C=O) groups excluding carboxylic acids is 2. The molecule has 1 fully saturated rings. The summed E-state index contributed by atoms with van der Waals surface area (Å²) < 4.78 is 17.8. The third-order valence-electron chi connectivity index (χ3n) is 18.9. The number of rotatable bonds is 70. The second-order valence-corrected chi connectivity index (χ2v) is 27.8. The maximum atomic E-state index is 13.5. The van der Waals surface area contributed by atoms with Crippen LogP contribution >= 0.6 is 0 Å². The van der Waals surface area contributed by atoms with Gasteiger partial charge in [-0.3, -0.25) is 9.59 Å². The average Bonchev–Trinajstić information content (AvgIpc) is 0.918. The Morgan fingerprint density at radius 3 is 1.14 bits per heavy atom. The Morgan fingerprint density at radius 1 is 0.419 bits per heavy atom. The van der Waals surface area contributed by atoms with E-state index in [2.05, 4.69) is 74.7 Å². The van der Waals surface area contributed by atoms with Crippen molar-refractivity contribution in [1.29, 1.82) is 0 Å². The second kappa shape index (κ2) is 69.3. The van der Waals surface area contributed by atoms with Gasteiger partial charge in [0.15, 0.2) is 12.4 Å². The summed E-state index contributed by atoms with van der Waals surface area (Å²) in [5, 5.41) is 57.5. The predicted octanol–water partition coefficient (Wildman–Crippen LogP) is 21.6. The van der Waals surface area contributed by atoms with Gasteiger partial charge in [-0.15, -0.1) is 0 Å². The van der Waals surface area contributed by atoms with Crippen molar-refractivity contribution < 1.29 is 49.3 Å². The van der Waals surface area contributed by atoms with Crippen LogP contribution in [-0.4, -0.2) is 99.6 Å². The lowest BCUT2D eigenvalue weighted by atomic mass is 9.99. The van der Waals surface area contributed by atoms with Crippen LogP contribution in [0.3, 0.4) is 0 Å². The van der Waals surface area contributed by atoms with Gasteiger partial charge in [-0.2, -0.15) is 0 Å². The van der Waals surface area contributed by atoms with E-state index in [1.807, 2.05) is 6.08 Å². The van der Waals surface area contributed by atoms with Crippen molar-refractivity contribution >= 4 is 11.9 Å². The molecule has 1 saturated heterocycles. The van der Waals surface area contributed by atoms with Gasteiger partial charge in [-0.25, -0.2) is 0 Å². The van der Waals surface area contributed by atoms with Crippen molar-refractivity contribution in [2.45, 2.75) is 436 Å². The molecule has 0 aliphatic carbocycles. The topological polar surface area (TPSA) is 175 Å². The van der Waals surface area contributed by atoms with Crippen molar-refractivity contribution in [3.8, 4) is 0 Å². The van der Waals surface area contributed by atoms with E-state index >= 15 is 0 Å². The Labute approximate surface area is 573 Å². The number of carbonyl (C=O) groups is 2. The number of esters is 1. The number of aliphatic hydroxyl groups is 5. The Balaban J connectivity index is 2.50. The summed E-state index contributed by atoms with van der Waals surface area (Å²) in [6, 6.07) is -1.03. The first-order chi connectivity index (χ1) is 45.7. The standard InChI is InChI=1S/C82H151NO10/c1-4-7-10-13-16-19-22-25-27-29-31-33-35-37-38-39-41-43-45-47-49-52-55-58-61-64-67-70-77(87)93-80-79(89)78(88)76(71-84)92-82(80)91-72-73(74(85)68-65-62-59-56-53-50-24-21-18-15-12-9-6-3)83-81(90)75(86)69-66-63-60-57-54-51-48-46-44-42-40-36-34-32-30-28-26-23-20-17-14-11-8-5-2/h17,20,25-28,32,34,65,68,73-76,78-80,82,84-86,88-89H,4-16,18-19,21-24,29-31,33,35-64,66-67,69-72H2,1-3H3,(H,83,90)/b20-17-,27-25+,28-26-,34-32-,68-65+. The molecular formula is C82H151NO10. The molecule has 1 aliphatic heterocycles. The van der Waals surface area contributed by atoms with Crippen LogP contribution in [0.15, 0.2) is 60.8 Å². The monoisotopic (exact) mass is 1310 g/mol. The highest BCUT2D eigenvalue weighted by molar-refractivity contribution is 5.80. The van der Waals surface area contributed by atoms with Crippen LogP contribution in [0.25, 0.3) is 0 Å². The number of hydrogen-bond donors (Lipinski definition) is 6. The van der Waals surface area contributed by atoms with E-state index < -0.39 is 67.4 Å². The number of amides is 1. The molecule has 93 heavy (non-hydrogen) atoms. The van der Waals surface area contributed by atoms with Crippen LogP contribution < -0.4 is 5.32 Å². The molecule has 0 bridgehead atoms. The van der Waals surface area contributed by atoms with E-state index in [4.69, 9.17) is 14.2 Å². The molecule has 1 heterocycles. The Morgan fingerprint density at radius 2 is 0.742 bits per heavy atom. The van der Waals surface area contributed by atoms with Gasteiger partial charge in [-0.1, -0.05) is 351 Å². The van der Waals surface area contributed by atoms with Crippen LogP contribution in [0.5, 0.6) is 0 Å². The summed E-state index contributed by atoms with van der Waals surface area (Å²) in [4.78, 5) is 26.8. The van der Waals surface area contributed by atoms with Crippen LogP contribution in [-0.2, 0) is 23.8 Å². The lowest BCUT2D eigenvalue weighted by Gasteiger charge is -2.41. The normalized spacial score (nSPS) is 18.1. The molecule has 1 amide bonds. The number of allylic oxidation sites excluding steroid dienone is 9. The third-order valence-corrected chi connectivity index (χ3v) is 18.9. The lowest BCUT2D eigenvalue weighted by Crippen LogP contribution is -2.61. The summed E-state index contributed by atoms with van der Waals surface area (Å²) in [6.45, 7) is 5.83. The first-order valence-corrected chi connectivity index (χ1v) is 40.1. The molecule has 0 aromatic heterocycles. The highest BCUT2D eigenvalue weighted by atomic mass is 16.7. The van der Waals surface area contributed by atoms with E-state index in [0.717, 1.165) is 77.0 Å². The second-order valence-electron chi connectivity index (χ2n) is 27.8. The first-order valence-electron chi connectivity index (χ1n) is 40.1. The number of nitrogens with one attached hydrogen (secondary N) is 1. The van der Waals surface area contributed by atoms with Gasteiger partial charge in [0.2, 0.25) is 5.91 Å². The van der Waals surface area contributed by atoms with Crippen molar-refractivity contribution in [2.24, 2.45) is 0 Å². The van der Waals surface area contributed by atoms with E-state index in [0.29, 0.717) is 12.8 Å². The largest absolute Gasteiger partial charge is 0.454 e. The average molecular weight is 1310 g/mol. The van der Waals surface area contributed by atoms with Crippen molar-refractivity contribution in [3.05, 3.63) is 60.8 Å². The van der Waals surface area contributed by atoms with Gasteiger partial charge in [-0.05, 0) is 89.9 Å². The Hall–Kier alpha value is -2.64. The van der Waals surface area contributed by atoms with Gasteiger partial charge < -0.3 is 45.1 Å². The highest BCUT2D eigenvalue weighted by Gasteiger charge is 2.47. The lowest BCUT2D eigenvalue weighted by molar-refractivity contribution is -0.305. The molecule has 0 aromatic rings. The minimum Gasteiger partial charge on any atom is -0.454 e. The first kappa shape index (κ1) is 88.4. The van der Waals surface area contributed by atoms with Crippen LogP contribution in [0.4, 0.5) is 0 Å². The van der Waals surface area contributed by atoms with Crippen LogP contribution in [0, 0.1) is 0 Å². The SMILES string of the molecule is CCCCC/C=C\C/C=C\C/C=C\CCCCCCCCCCCCCC(O)C(=O)NC(COC1OC(CO)C(O)C(O)C1OC(=O)CCCCCCCCCCCCCCCCCCC/C=C/CCCCCCCC)C(O)/C=C/CCCCCCCCCCCCC. The maximum absolute atomic E-state index is 13.5. The molecule has 6 N–H and O–H groups in total. The van der Waals surface area contributed by atoms with Gasteiger partial charge >= 0.3 is 5.97 Å². The van der Waals surface area contributed by atoms with E-state index in [-0.39, 0.29) is 19.4 Å². The number of unbranched alkanes of at least 4 members (excludes halogenated alkanes) is 48. The van der Waals surface area contributed by atoms with Gasteiger partial charge in [0, 0.05) is 6.42 Å². The molecule has 8 unspecified atom stereocenters. The fourth-order valence-corrected chi connectivity index (χ4v) is 12.6. The number of ether oxygens (including phenoxy) is 3. The molecule has 544 valence electrons. The molecule has 11 nitrogen and oxygen atoms in total. The molecule has 0 spiro atoms. The number of hydrogen-bond acceptors (Lipinski definition) is 10. The Bertz CT molecular complexity index is 1750. The molecule has 8 atom stereocenters. The minimum atomic E-state index is -1.61. The van der Waals surface area contributed by atoms with E-state index in [1.54, 1.807) is 6.08 Å². The van der Waals surface area contributed by atoms with Crippen LogP contribution in [0.2, 0.25) is 0 Å². The van der Waals surface area contributed by atoms with Crippen molar-refractivity contribution in [3.63, 3.8) is 0 Å². The smallest absolute Gasteiger partial charge is 0.306 e. The quantitative estimate of drug-likeness (QED) is 0.0195. The van der Waals surface area contributed by atoms with Crippen molar-refractivity contribution in [2.75, 3.05) is 13.2 Å². The third kappa shape index (κ3) is 56.0. The molecule has 0 saturated carbocycles. The molecule has 1 rings (SSSR count). The predicted molar refractivity (Wildman–Crippen MR) is 393 cm³/mol. The van der Waals surface area contributed by atoms with Gasteiger partial charge in [0.25, 0.3) is 0 Å². The minimum absolute atomic E-state index is 0.126. The fourth-order valence-electron chi connectivity index (χ4n) is 12.6. The molecule has 11 heteroatoms. The van der Waals surface area contributed by atoms with Crippen molar-refractivity contribution in [1.82, 2.24) is 5.32 Å². The summed E-state index contributed by atoms with van der Waals surface area (Å²) in [5.41, 5.74) is 0.